The van der Waals surface area contributed by atoms with E-state index in [2.05, 4.69) is 11.8 Å². The molecular formula is C17H14ClFO. The number of benzene rings is 2. The maximum absolute atomic E-state index is 13.7. The van der Waals surface area contributed by atoms with Crippen LogP contribution in [0.15, 0.2) is 48.5 Å². The van der Waals surface area contributed by atoms with Crippen molar-refractivity contribution in [2.75, 3.05) is 5.88 Å². The summed E-state index contributed by atoms with van der Waals surface area (Å²) in [6, 6.07) is 14.2. The molecule has 20 heavy (non-hydrogen) atoms. The summed E-state index contributed by atoms with van der Waals surface area (Å²) in [7, 11) is 0. The Morgan fingerprint density at radius 2 is 1.90 bits per heavy atom. The smallest absolute Gasteiger partial charge is 0.165 e. The Bertz CT molecular complexity index is 614. The van der Waals surface area contributed by atoms with Gasteiger partial charge in [0.1, 0.15) is 6.61 Å². The molecule has 0 fully saturated rings. The van der Waals surface area contributed by atoms with E-state index in [1.165, 1.54) is 6.07 Å². The minimum atomic E-state index is -0.385. The lowest BCUT2D eigenvalue weighted by atomic mass is 10.2. The first kappa shape index (κ1) is 14.4. The van der Waals surface area contributed by atoms with E-state index in [1.54, 1.807) is 12.1 Å². The van der Waals surface area contributed by atoms with Crippen molar-refractivity contribution in [2.45, 2.75) is 13.0 Å². The molecule has 0 spiro atoms. The van der Waals surface area contributed by atoms with Gasteiger partial charge >= 0.3 is 0 Å². The molecule has 0 N–H and O–H groups in total. The molecule has 0 saturated heterocycles. The highest BCUT2D eigenvalue weighted by Gasteiger charge is 2.04. The van der Waals surface area contributed by atoms with E-state index in [9.17, 15) is 4.39 Å². The van der Waals surface area contributed by atoms with Crippen LogP contribution >= 0.6 is 11.6 Å². The minimum Gasteiger partial charge on any atom is -0.486 e. The Morgan fingerprint density at radius 3 is 2.65 bits per heavy atom. The normalized spacial score (nSPS) is 9.70. The first-order valence-corrected chi connectivity index (χ1v) is 6.84. The van der Waals surface area contributed by atoms with Crippen LogP contribution in [0, 0.1) is 17.7 Å². The lowest BCUT2D eigenvalue weighted by Crippen LogP contribution is -1.97. The van der Waals surface area contributed by atoms with Crippen LogP contribution in [0.1, 0.15) is 17.5 Å². The lowest BCUT2D eigenvalue weighted by molar-refractivity contribution is 0.290. The van der Waals surface area contributed by atoms with Crippen LogP contribution in [0.25, 0.3) is 0 Å². The number of alkyl halides is 1. The summed E-state index contributed by atoms with van der Waals surface area (Å²) < 4.78 is 19.2. The molecule has 0 bridgehead atoms. The number of ether oxygens (including phenoxy) is 1. The van der Waals surface area contributed by atoms with Gasteiger partial charge in [-0.15, -0.1) is 11.6 Å². The van der Waals surface area contributed by atoms with E-state index >= 15 is 0 Å². The molecule has 0 heterocycles. The zero-order chi connectivity index (χ0) is 14.2. The standard InChI is InChI=1S/C17H14ClFO/c18-11-5-4-6-14-9-10-16(19)17(12-14)20-13-15-7-2-1-3-8-15/h1-3,7-10,12H,5,11,13H2. The topological polar surface area (TPSA) is 9.23 Å². The average Bonchev–Trinajstić information content (AvgIpc) is 2.49. The summed E-state index contributed by atoms with van der Waals surface area (Å²) in [4.78, 5) is 0. The van der Waals surface area contributed by atoms with Crippen molar-refractivity contribution in [2.24, 2.45) is 0 Å². The lowest BCUT2D eigenvalue weighted by Gasteiger charge is -2.07. The summed E-state index contributed by atoms with van der Waals surface area (Å²) in [6.45, 7) is 0.330. The van der Waals surface area contributed by atoms with Gasteiger partial charge in [-0.05, 0) is 23.8 Å². The van der Waals surface area contributed by atoms with Crippen molar-refractivity contribution < 1.29 is 9.13 Å². The number of halogens is 2. The van der Waals surface area contributed by atoms with Crippen molar-refractivity contribution >= 4 is 11.6 Å². The second-order valence-corrected chi connectivity index (χ2v) is 4.54. The number of hydrogen-bond donors (Lipinski definition) is 0. The average molecular weight is 289 g/mol. The molecule has 1 nitrogen and oxygen atoms in total. The second kappa shape index (κ2) is 7.57. The molecule has 0 aliphatic heterocycles. The fourth-order valence-electron chi connectivity index (χ4n) is 1.64. The number of rotatable bonds is 4. The van der Waals surface area contributed by atoms with Crippen molar-refractivity contribution in [3.05, 3.63) is 65.5 Å². The fourth-order valence-corrected chi connectivity index (χ4v) is 1.73. The Hall–Kier alpha value is -1.98. The van der Waals surface area contributed by atoms with Crippen LogP contribution in [0.2, 0.25) is 0 Å². The summed E-state index contributed by atoms with van der Waals surface area (Å²) in [6.07, 6.45) is 0.610. The third kappa shape index (κ3) is 4.29. The molecule has 102 valence electrons. The van der Waals surface area contributed by atoms with Crippen LogP contribution in [-0.4, -0.2) is 5.88 Å². The Balaban J connectivity index is 2.07. The van der Waals surface area contributed by atoms with Gasteiger partial charge in [-0.25, -0.2) is 4.39 Å². The van der Waals surface area contributed by atoms with Gasteiger partial charge in [-0.1, -0.05) is 42.2 Å². The van der Waals surface area contributed by atoms with Gasteiger partial charge in [-0.2, -0.15) is 0 Å². The second-order valence-electron chi connectivity index (χ2n) is 4.16. The summed E-state index contributed by atoms with van der Waals surface area (Å²) in [5, 5.41) is 0. The molecule has 0 aliphatic rings. The molecule has 0 radical (unpaired) electrons. The van der Waals surface area contributed by atoms with E-state index < -0.39 is 0 Å². The molecule has 0 aliphatic carbocycles. The van der Waals surface area contributed by atoms with E-state index in [-0.39, 0.29) is 11.6 Å². The Kier molecular flexibility index (Phi) is 5.46. The van der Waals surface area contributed by atoms with Crippen LogP contribution in [0.3, 0.4) is 0 Å². The molecule has 0 saturated carbocycles. The first-order valence-electron chi connectivity index (χ1n) is 6.30. The third-order valence-corrected chi connectivity index (χ3v) is 2.81. The van der Waals surface area contributed by atoms with Gasteiger partial charge < -0.3 is 4.74 Å². The fraction of sp³-hybridized carbons (Fsp3) is 0.176. The van der Waals surface area contributed by atoms with Gasteiger partial charge in [-0.3, -0.25) is 0 Å². The van der Waals surface area contributed by atoms with Gasteiger partial charge in [0, 0.05) is 17.9 Å². The highest BCUT2D eigenvalue weighted by molar-refractivity contribution is 6.18. The van der Waals surface area contributed by atoms with Gasteiger partial charge in [0.2, 0.25) is 0 Å². The molecular weight excluding hydrogens is 275 g/mol. The maximum Gasteiger partial charge on any atom is 0.165 e. The van der Waals surface area contributed by atoms with E-state index in [0.717, 1.165) is 11.1 Å². The van der Waals surface area contributed by atoms with Crippen LogP contribution in [-0.2, 0) is 6.61 Å². The van der Waals surface area contributed by atoms with Crippen molar-refractivity contribution in [3.63, 3.8) is 0 Å². The SMILES string of the molecule is Fc1ccc(C#CCCCl)cc1OCc1ccccc1. The largest absolute Gasteiger partial charge is 0.486 e. The summed E-state index contributed by atoms with van der Waals surface area (Å²) in [5.41, 5.74) is 1.71. The molecule has 0 amide bonds. The molecule has 0 atom stereocenters. The van der Waals surface area contributed by atoms with Crippen molar-refractivity contribution in [3.8, 4) is 17.6 Å². The first-order chi connectivity index (χ1) is 9.79. The van der Waals surface area contributed by atoms with Crippen LogP contribution in [0.5, 0.6) is 5.75 Å². The Morgan fingerprint density at radius 1 is 1.10 bits per heavy atom. The monoisotopic (exact) mass is 288 g/mol. The minimum absolute atomic E-state index is 0.214. The molecule has 0 aromatic heterocycles. The molecule has 2 aromatic carbocycles. The summed E-state index contributed by atoms with van der Waals surface area (Å²) >= 11 is 5.55. The van der Waals surface area contributed by atoms with Gasteiger partial charge in [0.25, 0.3) is 0 Å². The van der Waals surface area contributed by atoms with Crippen molar-refractivity contribution in [1.82, 2.24) is 0 Å². The molecule has 3 heteroatoms. The predicted octanol–water partition coefficient (Wildman–Crippen LogP) is 4.39. The third-order valence-electron chi connectivity index (χ3n) is 2.62. The van der Waals surface area contributed by atoms with E-state index in [1.807, 2.05) is 30.3 Å². The summed E-state index contributed by atoms with van der Waals surface area (Å²) in [5.74, 6) is 6.16. The highest BCUT2D eigenvalue weighted by atomic mass is 35.5. The zero-order valence-corrected chi connectivity index (χ0v) is 11.7. The quantitative estimate of drug-likeness (QED) is 0.599. The molecule has 2 rings (SSSR count). The van der Waals surface area contributed by atoms with E-state index in [0.29, 0.717) is 18.9 Å². The molecule has 2 aromatic rings. The van der Waals surface area contributed by atoms with Crippen molar-refractivity contribution in [1.29, 1.82) is 0 Å². The van der Waals surface area contributed by atoms with Gasteiger partial charge in [0.05, 0.1) is 0 Å². The predicted molar refractivity (Wildman–Crippen MR) is 79.4 cm³/mol. The van der Waals surface area contributed by atoms with E-state index in [4.69, 9.17) is 16.3 Å². The Labute approximate surface area is 123 Å². The van der Waals surface area contributed by atoms with Crippen LogP contribution in [0.4, 0.5) is 4.39 Å². The highest BCUT2D eigenvalue weighted by Crippen LogP contribution is 2.19. The maximum atomic E-state index is 13.7. The zero-order valence-electron chi connectivity index (χ0n) is 10.9. The molecule has 0 unspecified atom stereocenters. The van der Waals surface area contributed by atoms with Gasteiger partial charge in [0.15, 0.2) is 11.6 Å². The van der Waals surface area contributed by atoms with Crippen LogP contribution < -0.4 is 4.74 Å². The number of hydrogen-bond acceptors (Lipinski definition) is 1.